The van der Waals surface area contributed by atoms with Crippen LogP contribution in [-0.4, -0.2) is 50.2 Å². The van der Waals surface area contributed by atoms with Crippen LogP contribution in [0.15, 0.2) is 52.7 Å². The minimum Gasteiger partial charge on any atom is -0.366 e. The lowest BCUT2D eigenvalue weighted by Crippen LogP contribution is -2.42. The molecule has 0 atom stereocenters. The summed E-state index contributed by atoms with van der Waals surface area (Å²) in [7, 11) is 6.54. The van der Waals surface area contributed by atoms with Crippen molar-refractivity contribution in [2.24, 2.45) is 10.2 Å². The van der Waals surface area contributed by atoms with Crippen LogP contribution in [0.25, 0.3) is 0 Å². The number of quaternary nitrogens is 1. The average Bonchev–Trinajstić information content (AvgIpc) is 2.61. The number of nitrogens with zero attached hydrogens (tertiary/aromatic N) is 5. The number of nitro benzene ring substituents is 1. The van der Waals surface area contributed by atoms with Crippen LogP contribution in [-0.2, 0) is 0 Å². The van der Waals surface area contributed by atoms with Crippen LogP contribution < -0.4 is 4.90 Å². The number of benzene rings is 2. The topological polar surface area (TPSA) is 71.1 Å². The van der Waals surface area contributed by atoms with Gasteiger partial charge < -0.3 is 9.38 Å². The second kappa shape index (κ2) is 8.92. The van der Waals surface area contributed by atoms with Crippen molar-refractivity contribution in [3.05, 3.63) is 57.6 Å². The minimum atomic E-state index is -0.496. The number of nitro groups is 1. The van der Waals surface area contributed by atoms with Gasteiger partial charge in [-0.3, -0.25) is 10.1 Å². The molecule has 2 aromatic rings. The largest absolute Gasteiger partial charge is 0.366 e. The van der Waals surface area contributed by atoms with Gasteiger partial charge in [-0.2, -0.15) is 5.11 Å². The van der Waals surface area contributed by atoms with E-state index in [1.165, 1.54) is 18.2 Å². The van der Waals surface area contributed by atoms with Crippen molar-refractivity contribution in [3.63, 3.8) is 0 Å². The molecule has 0 fully saturated rings. The first-order valence-electron chi connectivity index (χ1n) is 8.71. The summed E-state index contributed by atoms with van der Waals surface area (Å²) in [6, 6.07) is 11.9. The van der Waals surface area contributed by atoms with E-state index in [4.69, 9.17) is 11.6 Å². The van der Waals surface area contributed by atoms with E-state index < -0.39 is 4.92 Å². The summed E-state index contributed by atoms with van der Waals surface area (Å²) in [6.07, 6.45) is 0. The van der Waals surface area contributed by atoms with E-state index in [2.05, 4.69) is 43.2 Å². The number of hydrogen-bond donors (Lipinski definition) is 0. The SMILES string of the molecule is CCN(CC[N+](C)(C)C)c1ccc(N=Nc2ccc([N+](=O)[O-])cc2Cl)cc1. The van der Waals surface area contributed by atoms with Crippen LogP contribution in [0.1, 0.15) is 6.92 Å². The number of non-ortho nitro benzene ring substituents is 1. The molecule has 0 saturated carbocycles. The molecule has 0 amide bonds. The molecule has 0 saturated heterocycles. The van der Waals surface area contributed by atoms with Crippen molar-refractivity contribution in [3.8, 4) is 0 Å². The van der Waals surface area contributed by atoms with E-state index in [1.54, 1.807) is 0 Å². The van der Waals surface area contributed by atoms with E-state index in [1.807, 2.05) is 24.3 Å². The van der Waals surface area contributed by atoms with Crippen LogP contribution in [0, 0.1) is 10.1 Å². The maximum Gasteiger partial charge on any atom is 0.271 e. The lowest BCUT2D eigenvalue weighted by Gasteiger charge is -2.29. The van der Waals surface area contributed by atoms with Gasteiger partial charge in [0.1, 0.15) is 5.69 Å². The zero-order chi connectivity index (χ0) is 20.0. The Morgan fingerprint density at radius 1 is 1.11 bits per heavy atom. The first-order valence-corrected chi connectivity index (χ1v) is 9.08. The lowest BCUT2D eigenvalue weighted by molar-refractivity contribution is -0.868. The zero-order valence-electron chi connectivity index (χ0n) is 16.1. The van der Waals surface area contributed by atoms with Crippen molar-refractivity contribution >= 4 is 34.4 Å². The molecule has 0 aromatic heterocycles. The highest BCUT2D eigenvalue weighted by Crippen LogP contribution is 2.30. The highest BCUT2D eigenvalue weighted by atomic mass is 35.5. The van der Waals surface area contributed by atoms with E-state index in [-0.39, 0.29) is 10.7 Å². The Hall–Kier alpha value is -2.51. The molecule has 0 bridgehead atoms. The van der Waals surface area contributed by atoms with Gasteiger partial charge >= 0.3 is 0 Å². The Morgan fingerprint density at radius 3 is 2.30 bits per heavy atom. The number of likely N-dealkylation sites (N-methyl/N-ethyl adjacent to an activating group) is 2. The summed E-state index contributed by atoms with van der Waals surface area (Å²) in [4.78, 5) is 12.6. The molecule has 0 unspecified atom stereocenters. The van der Waals surface area contributed by atoms with Gasteiger partial charge in [-0.05, 0) is 37.3 Å². The van der Waals surface area contributed by atoms with Gasteiger partial charge in [0.05, 0.1) is 49.9 Å². The summed E-state index contributed by atoms with van der Waals surface area (Å²) in [5.41, 5.74) is 2.15. The van der Waals surface area contributed by atoms with Gasteiger partial charge in [0, 0.05) is 24.4 Å². The van der Waals surface area contributed by atoms with Gasteiger partial charge in [0.25, 0.3) is 5.69 Å². The van der Waals surface area contributed by atoms with Crippen molar-refractivity contribution in [2.75, 3.05) is 45.7 Å². The molecule has 0 radical (unpaired) electrons. The van der Waals surface area contributed by atoms with Gasteiger partial charge in [-0.1, -0.05) is 11.6 Å². The normalized spacial score (nSPS) is 11.7. The number of halogens is 1. The summed E-state index contributed by atoms with van der Waals surface area (Å²) < 4.78 is 0.915. The second-order valence-corrected chi connectivity index (χ2v) is 7.61. The first kappa shape index (κ1) is 20.8. The third kappa shape index (κ3) is 6.30. The predicted octanol–water partition coefficient (Wildman–Crippen LogP) is 5.20. The Morgan fingerprint density at radius 2 is 1.78 bits per heavy atom. The van der Waals surface area contributed by atoms with Gasteiger partial charge in [-0.25, -0.2) is 0 Å². The van der Waals surface area contributed by atoms with Crippen molar-refractivity contribution < 1.29 is 9.41 Å². The number of rotatable bonds is 8. The highest BCUT2D eigenvalue weighted by molar-refractivity contribution is 6.33. The molecule has 0 aliphatic rings. The molecule has 0 aliphatic carbocycles. The maximum atomic E-state index is 10.7. The smallest absolute Gasteiger partial charge is 0.271 e. The van der Waals surface area contributed by atoms with Crippen LogP contribution in [0.4, 0.5) is 22.7 Å². The molecular weight excluding hydrogens is 366 g/mol. The Kier molecular flexibility index (Phi) is 6.87. The van der Waals surface area contributed by atoms with E-state index in [9.17, 15) is 10.1 Å². The Labute approximate surface area is 164 Å². The van der Waals surface area contributed by atoms with Crippen LogP contribution in [0.3, 0.4) is 0 Å². The van der Waals surface area contributed by atoms with Gasteiger partial charge in [0.15, 0.2) is 0 Å². The molecule has 0 N–H and O–H groups in total. The maximum absolute atomic E-state index is 10.7. The fraction of sp³-hybridized carbons (Fsp3) is 0.368. The molecule has 0 aliphatic heterocycles. The molecule has 2 rings (SSSR count). The monoisotopic (exact) mass is 390 g/mol. The molecule has 8 heteroatoms. The minimum absolute atomic E-state index is 0.0724. The number of hydrogen-bond acceptors (Lipinski definition) is 5. The molecular formula is C19H25ClN5O2+. The van der Waals surface area contributed by atoms with Crippen molar-refractivity contribution in [1.82, 2.24) is 0 Å². The summed E-state index contributed by atoms with van der Waals surface area (Å²) in [6.45, 7) is 5.09. The van der Waals surface area contributed by atoms with Gasteiger partial charge in [0.2, 0.25) is 0 Å². The fourth-order valence-corrected chi connectivity index (χ4v) is 2.64. The van der Waals surface area contributed by atoms with E-state index >= 15 is 0 Å². The summed E-state index contributed by atoms with van der Waals surface area (Å²) >= 11 is 6.03. The highest BCUT2D eigenvalue weighted by Gasteiger charge is 2.12. The fourth-order valence-electron chi connectivity index (χ4n) is 2.42. The predicted molar refractivity (Wildman–Crippen MR) is 110 cm³/mol. The van der Waals surface area contributed by atoms with Crippen LogP contribution in [0.2, 0.25) is 5.02 Å². The Bertz CT molecular complexity index is 816. The lowest BCUT2D eigenvalue weighted by atomic mass is 10.2. The molecule has 27 heavy (non-hydrogen) atoms. The average molecular weight is 391 g/mol. The molecule has 0 heterocycles. The molecule has 144 valence electrons. The summed E-state index contributed by atoms with van der Waals surface area (Å²) in [5.74, 6) is 0. The molecule has 0 spiro atoms. The van der Waals surface area contributed by atoms with Gasteiger partial charge in [-0.15, -0.1) is 5.11 Å². The second-order valence-electron chi connectivity index (χ2n) is 7.20. The Balaban J connectivity index is 2.08. The quantitative estimate of drug-likeness (QED) is 0.269. The van der Waals surface area contributed by atoms with E-state index in [0.29, 0.717) is 11.4 Å². The molecule has 2 aromatic carbocycles. The number of anilines is 1. The van der Waals surface area contributed by atoms with E-state index in [0.717, 1.165) is 29.8 Å². The van der Waals surface area contributed by atoms with Crippen LogP contribution in [0.5, 0.6) is 0 Å². The summed E-state index contributed by atoms with van der Waals surface area (Å²) in [5, 5.41) is 19.2. The molecule has 7 nitrogen and oxygen atoms in total. The standard InChI is InChI=1S/C19H25ClN5O2/c1-5-23(12-13-25(2,3)4)16-8-6-15(7-9-16)21-22-19-11-10-17(24(26)27)14-18(19)20/h6-11,14H,5,12-13H2,1-4H3/q+1. The third-order valence-electron chi connectivity index (χ3n) is 4.05. The first-order chi connectivity index (χ1) is 12.7. The number of azo groups is 1. The zero-order valence-corrected chi connectivity index (χ0v) is 16.8. The third-order valence-corrected chi connectivity index (χ3v) is 4.36. The van der Waals surface area contributed by atoms with Crippen molar-refractivity contribution in [2.45, 2.75) is 6.92 Å². The van der Waals surface area contributed by atoms with Crippen molar-refractivity contribution in [1.29, 1.82) is 0 Å². The van der Waals surface area contributed by atoms with Crippen LogP contribution >= 0.6 is 11.6 Å².